The third-order valence-corrected chi connectivity index (χ3v) is 6.49. The van der Waals surface area contributed by atoms with E-state index in [2.05, 4.69) is 31.3 Å². The number of aryl methyl sites for hydroxylation is 1. The molecule has 10 heteroatoms. The third-order valence-electron chi connectivity index (χ3n) is 5.39. The fourth-order valence-corrected chi connectivity index (χ4v) is 4.57. The van der Waals surface area contributed by atoms with Gasteiger partial charge in [-0.2, -0.15) is 10.2 Å². The van der Waals surface area contributed by atoms with E-state index in [-0.39, 0.29) is 0 Å². The predicted octanol–water partition coefficient (Wildman–Crippen LogP) is 5.91. The summed E-state index contributed by atoms with van der Waals surface area (Å²) in [4.78, 5) is 31.7. The quantitative estimate of drug-likeness (QED) is 0.311. The second-order valence-corrected chi connectivity index (χ2v) is 9.18. The normalized spacial score (nSPS) is 10.7. The second-order valence-electron chi connectivity index (χ2n) is 7.76. The number of aromatic nitrogens is 4. The highest BCUT2D eigenvalue weighted by Crippen LogP contribution is 2.34. The minimum absolute atomic E-state index is 0.316. The molecule has 0 atom stereocenters. The fourth-order valence-electron chi connectivity index (χ4n) is 3.65. The molecule has 0 aliphatic heterocycles. The molecule has 0 fully saturated rings. The second kappa shape index (κ2) is 9.70. The lowest BCUT2D eigenvalue weighted by atomic mass is 9.97. The van der Waals surface area contributed by atoms with E-state index >= 15 is 0 Å². The van der Waals surface area contributed by atoms with E-state index in [1.165, 1.54) is 24.6 Å². The average Bonchev–Trinajstić information content (AvgIpc) is 3.30. The predicted molar refractivity (Wildman–Crippen MR) is 139 cm³/mol. The van der Waals surface area contributed by atoms with Gasteiger partial charge in [0.25, 0.3) is 5.91 Å². The molecular weight excluding hydrogens is 496 g/mol. The number of hydrogen-bond acceptors (Lipinski definition) is 8. The number of nitriles is 1. The Morgan fingerprint density at radius 1 is 1.06 bits per heavy atom. The molecular formula is C26H17ClN6O2S. The molecule has 0 bridgehead atoms. The molecule has 1 N–H and O–H groups in total. The zero-order valence-electron chi connectivity index (χ0n) is 19.1. The molecule has 0 aliphatic rings. The number of hydrogen-bond donors (Lipinski definition) is 1. The van der Waals surface area contributed by atoms with Gasteiger partial charge in [-0.15, -0.1) is 0 Å². The molecule has 3 heterocycles. The highest BCUT2D eigenvalue weighted by Gasteiger charge is 2.19. The molecule has 3 aromatic heterocycles. The van der Waals surface area contributed by atoms with Crippen molar-refractivity contribution >= 4 is 44.5 Å². The zero-order valence-corrected chi connectivity index (χ0v) is 20.7. The van der Waals surface area contributed by atoms with Gasteiger partial charge in [-0.1, -0.05) is 35.1 Å². The number of anilines is 1. The summed E-state index contributed by atoms with van der Waals surface area (Å²) in [7, 11) is 1.54. The Morgan fingerprint density at radius 2 is 1.86 bits per heavy atom. The van der Waals surface area contributed by atoms with Gasteiger partial charge >= 0.3 is 0 Å². The minimum Gasteiger partial charge on any atom is -0.496 e. The van der Waals surface area contributed by atoms with E-state index in [4.69, 9.17) is 16.3 Å². The van der Waals surface area contributed by atoms with Crippen LogP contribution in [0.4, 0.5) is 5.13 Å². The van der Waals surface area contributed by atoms with Gasteiger partial charge in [-0.3, -0.25) is 15.1 Å². The molecule has 8 nitrogen and oxygen atoms in total. The summed E-state index contributed by atoms with van der Waals surface area (Å²) >= 11 is 7.20. The summed E-state index contributed by atoms with van der Waals surface area (Å²) in [5.41, 5.74) is 4.67. The van der Waals surface area contributed by atoms with Gasteiger partial charge in [0, 0.05) is 33.6 Å². The van der Waals surface area contributed by atoms with Crippen LogP contribution in [0.15, 0.2) is 60.9 Å². The number of thiazole rings is 1. The molecule has 5 aromatic rings. The van der Waals surface area contributed by atoms with Gasteiger partial charge in [0.1, 0.15) is 5.75 Å². The molecule has 0 aliphatic carbocycles. The highest BCUT2D eigenvalue weighted by atomic mass is 35.5. The number of nitrogens with zero attached hydrogens (tertiary/aromatic N) is 5. The van der Waals surface area contributed by atoms with Crippen molar-refractivity contribution in [2.45, 2.75) is 6.92 Å². The Hall–Kier alpha value is -4.39. The van der Waals surface area contributed by atoms with Crippen LogP contribution in [0.25, 0.3) is 32.9 Å². The smallest absolute Gasteiger partial charge is 0.259 e. The van der Waals surface area contributed by atoms with Crippen molar-refractivity contribution in [1.82, 2.24) is 19.9 Å². The van der Waals surface area contributed by atoms with Crippen molar-refractivity contribution in [3.8, 4) is 34.2 Å². The number of fused-ring (bicyclic) bond motifs is 1. The van der Waals surface area contributed by atoms with Crippen LogP contribution >= 0.6 is 22.9 Å². The van der Waals surface area contributed by atoms with Crippen LogP contribution in [0.3, 0.4) is 0 Å². The number of amides is 1. The Kier molecular flexibility index (Phi) is 6.29. The van der Waals surface area contributed by atoms with Gasteiger partial charge in [0.2, 0.25) is 0 Å². The van der Waals surface area contributed by atoms with Crippen molar-refractivity contribution in [3.63, 3.8) is 0 Å². The molecule has 0 spiro atoms. The summed E-state index contributed by atoms with van der Waals surface area (Å²) in [6.45, 7) is 1.83. The van der Waals surface area contributed by atoms with Crippen LogP contribution in [0.5, 0.6) is 5.75 Å². The van der Waals surface area contributed by atoms with Gasteiger partial charge in [-0.05, 0) is 43.3 Å². The van der Waals surface area contributed by atoms with E-state index < -0.39 is 5.91 Å². The van der Waals surface area contributed by atoms with Crippen LogP contribution in [0.1, 0.15) is 21.6 Å². The first-order valence-corrected chi connectivity index (χ1v) is 11.9. The van der Waals surface area contributed by atoms with E-state index in [1.54, 1.807) is 42.6 Å². The first-order valence-electron chi connectivity index (χ1n) is 10.7. The zero-order chi connectivity index (χ0) is 25.2. The Bertz CT molecular complexity index is 1660. The average molecular weight is 513 g/mol. The van der Waals surface area contributed by atoms with Crippen molar-refractivity contribution < 1.29 is 9.53 Å². The number of carbonyl (C=O) groups excluding carboxylic acids is 1. The number of nitrogens with one attached hydrogen (secondary N) is 1. The SMILES string of the molecule is COc1ccc(C#N)cc1-c1cc(C)ncc1C(=O)Nc1nc2ncc(-c3ccc(Cl)cc3)nc2s1. The van der Waals surface area contributed by atoms with Crippen LogP contribution in [0, 0.1) is 18.3 Å². The summed E-state index contributed by atoms with van der Waals surface area (Å²) in [5, 5.41) is 13.2. The van der Waals surface area contributed by atoms with Crippen LogP contribution < -0.4 is 10.1 Å². The summed E-state index contributed by atoms with van der Waals surface area (Å²) in [6.07, 6.45) is 3.13. The number of methoxy groups -OCH3 is 1. The van der Waals surface area contributed by atoms with Crippen molar-refractivity contribution in [2.24, 2.45) is 0 Å². The number of rotatable bonds is 5. The largest absolute Gasteiger partial charge is 0.496 e. The molecule has 36 heavy (non-hydrogen) atoms. The summed E-state index contributed by atoms with van der Waals surface area (Å²) in [5.74, 6) is 0.135. The molecule has 0 unspecified atom stereocenters. The molecule has 1 amide bonds. The number of benzene rings is 2. The summed E-state index contributed by atoms with van der Waals surface area (Å²) < 4.78 is 5.49. The number of carbonyl (C=O) groups is 1. The molecule has 0 radical (unpaired) electrons. The maximum Gasteiger partial charge on any atom is 0.259 e. The standard InChI is InChI=1S/C26H17ClN6O2S/c1-14-9-18(19-10-15(11-28)3-8-22(19)35-2)20(12-29-14)24(34)33-26-32-23-25(36-26)31-21(13-30-23)16-4-6-17(27)7-5-16/h3-10,12-13H,1-2H3,(H,30,32,33,34). The summed E-state index contributed by atoms with van der Waals surface area (Å²) in [6, 6.07) is 16.3. The van der Waals surface area contributed by atoms with Gasteiger partial charge in [-0.25, -0.2) is 9.97 Å². The van der Waals surface area contributed by atoms with Crippen LogP contribution in [0.2, 0.25) is 5.02 Å². The monoisotopic (exact) mass is 512 g/mol. The van der Waals surface area contributed by atoms with E-state index in [9.17, 15) is 10.1 Å². The molecule has 0 saturated carbocycles. The molecule has 5 rings (SSSR count). The molecule has 2 aromatic carbocycles. The lowest BCUT2D eigenvalue weighted by Gasteiger charge is -2.13. The van der Waals surface area contributed by atoms with Crippen molar-refractivity contribution in [3.05, 3.63) is 82.8 Å². The first kappa shape index (κ1) is 23.4. The van der Waals surface area contributed by atoms with Crippen molar-refractivity contribution in [1.29, 1.82) is 5.26 Å². The Balaban J connectivity index is 1.49. The maximum absolute atomic E-state index is 13.3. The number of ether oxygens (including phenoxy) is 1. The topological polar surface area (TPSA) is 114 Å². The van der Waals surface area contributed by atoms with Crippen molar-refractivity contribution in [2.75, 3.05) is 12.4 Å². The number of halogens is 1. The third kappa shape index (κ3) is 4.60. The van der Waals surface area contributed by atoms with E-state index in [0.29, 0.717) is 60.0 Å². The highest BCUT2D eigenvalue weighted by molar-refractivity contribution is 7.21. The maximum atomic E-state index is 13.3. The fraction of sp³-hybridized carbons (Fsp3) is 0.0769. The number of pyridine rings is 1. The van der Waals surface area contributed by atoms with E-state index in [0.717, 1.165) is 5.56 Å². The van der Waals surface area contributed by atoms with Crippen LogP contribution in [-0.4, -0.2) is 33.0 Å². The van der Waals surface area contributed by atoms with Gasteiger partial charge in [0.15, 0.2) is 15.6 Å². The van der Waals surface area contributed by atoms with Gasteiger partial charge < -0.3 is 4.74 Å². The minimum atomic E-state index is -0.404. The molecule has 176 valence electrons. The molecule has 0 saturated heterocycles. The van der Waals surface area contributed by atoms with E-state index in [1.807, 2.05) is 19.1 Å². The lowest BCUT2D eigenvalue weighted by molar-refractivity contribution is 0.102. The van der Waals surface area contributed by atoms with Gasteiger partial charge in [0.05, 0.1) is 36.2 Å². The lowest BCUT2D eigenvalue weighted by Crippen LogP contribution is -2.14. The Morgan fingerprint density at radius 3 is 2.61 bits per heavy atom. The Labute approximate surface area is 215 Å². The van der Waals surface area contributed by atoms with Crippen LogP contribution in [-0.2, 0) is 0 Å². The first-order chi connectivity index (χ1) is 17.4.